The molecule has 0 amide bonds. The summed E-state index contributed by atoms with van der Waals surface area (Å²) in [5.74, 6) is 0.940. The van der Waals surface area contributed by atoms with Gasteiger partial charge < -0.3 is 5.73 Å². The number of nitrogens with two attached hydrogens (primary N) is 1. The summed E-state index contributed by atoms with van der Waals surface area (Å²) in [6.07, 6.45) is 9.24. The van der Waals surface area contributed by atoms with E-state index < -0.39 is 0 Å². The fraction of sp³-hybridized carbons (Fsp3) is 0.0769. The van der Waals surface area contributed by atoms with E-state index in [-0.39, 0.29) is 5.95 Å². The highest BCUT2D eigenvalue weighted by atomic mass is 15.3. The molecule has 20 heavy (non-hydrogen) atoms. The maximum absolute atomic E-state index is 5.67. The molecular weight excluding hydrogens is 254 g/mol. The first-order valence-corrected chi connectivity index (χ1v) is 6.13. The summed E-state index contributed by atoms with van der Waals surface area (Å²) in [5.41, 5.74) is 9.43. The van der Waals surface area contributed by atoms with Crippen LogP contribution in [0.3, 0.4) is 0 Å². The third kappa shape index (κ3) is 1.46. The fourth-order valence-corrected chi connectivity index (χ4v) is 2.41. The van der Waals surface area contributed by atoms with Crippen molar-refractivity contribution in [2.24, 2.45) is 0 Å². The van der Waals surface area contributed by atoms with Crippen LogP contribution in [0.4, 0.5) is 5.95 Å². The summed E-state index contributed by atoms with van der Waals surface area (Å²) < 4.78 is 3.62. The maximum Gasteiger partial charge on any atom is 0.238 e. The average molecular weight is 265 g/mol. The van der Waals surface area contributed by atoms with Crippen LogP contribution in [0, 0.1) is 6.92 Å². The number of hydrogen-bond donors (Lipinski definition) is 1. The molecule has 4 heterocycles. The Kier molecular flexibility index (Phi) is 2.06. The molecule has 0 atom stereocenters. The molecule has 4 aromatic heterocycles. The number of nitrogen functional groups attached to an aromatic ring is 1. The summed E-state index contributed by atoms with van der Waals surface area (Å²) in [6.45, 7) is 1.92. The highest BCUT2D eigenvalue weighted by Gasteiger charge is 2.11. The molecule has 0 bridgehead atoms. The van der Waals surface area contributed by atoms with E-state index in [9.17, 15) is 0 Å². The molecule has 0 aliphatic carbocycles. The number of hydrogen-bond acceptors (Lipinski definition) is 5. The van der Waals surface area contributed by atoms with Gasteiger partial charge >= 0.3 is 0 Å². The maximum atomic E-state index is 5.67. The Morgan fingerprint density at radius 2 is 2.10 bits per heavy atom. The largest absolute Gasteiger partial charge is 0.367 e. The third-order valence-corrected chi connectivity index (χ3v) is 3.26. The molecule has 2 N–H and O–H groups in total. The van der Waals surface area contributed by atoms with Gasteiger partial charge in [0.15, 0.2) is 0 Å². The van der Waals surface area contributed by atoms with Crippen LogP contribution < -0.4 is 5.73 Å². The zero-order chi connectivity index (χ0) is 13.7. The lowest BCUT2D eigenvalue weighted by Crippen LogP contribution is -2.03. The number of fused-ring (bicyclic) bond motifs is 2. The first-order chi connectivity index (χ1) is 9.72. The topological polar surface area (TPSA) is 86.4 Å². The van der Waals surface area contributed by atoms with Crippen LogP contribution in [-0.4, -0.2) is 29.0 Å². The van der Waals surface area contributed by atoms with Gasteiger partial charge in [-0.15, -0.1) is 5.10 Å². The lowest BCUT2D eigenvalue weighted by atomic mass is 10.1. The molecule has 0 spiro atoms. The summed E-state index contributed by atoms with van der Waals surface area (Å²) in [7, 11) is 0. The second kappa shape index (κ2) is 3.77. The smallest absolute Gasteiger partial charge is 0.238 e. The van der Waals surface area contributed by atoms with Crippen LogP contribution in [0.1, 0.15) is 5.69 Å². The van der Waals surface area contributed by atoms with Crippen molar-refractivity contribution in [1.29, 1.82) is 0 Å². The van der Waals surface area contributed by atoms with Gasteiger partial charge in [0.25, 0.3) is 0 Å². The summed E-state index contributed by atoms with van der Waals surface area (Å²) in [6, 6.07) is 1.98. The molecule has 0 aliphatic heterocycles. The van der Waals surface area contributed by atoms with Crippen LogP contribution in [0.15, 0.2) is 37.1 Å². The van der Waals surface area contributed by atoms with Gasteiger partial charge in [0.2, 0.25) is 11.7 Å². The van der Waals surface area contributed by atoms with Crippen molar-refractivity contribution in [2.45, 2.75) is 6.92 Å². The highest BCUT2D eigenvalue weighted by Crippen LogP contribution is 2.26. The van der Waals surface area contributed by atoms with Crippen LogP contribution in [-0.2, 0) is 0 Å². The SMILES string of the molecule is Cc1nc(N)nn2ccc(-c3cnc4nccn4c3)c12. The van der Waals surface area contributed by atoms with Crippen molar-refractivity contribution >= 4 is 17.2 Å². The minimum absolute atomic E-state index is 0.264. The van der Waals surface area contributed by atoms with Crippen molar-refractivity contribution in [3.8, 4) is 11.1 Å². The Labute approximate surface area is 113 Å². The summed E-state index contributed by atoms with van der Waals surface area (Å²) in [4.78, 5) is 12.7. The van der Waals surface area contributed by atoms with Gasteiger partial charge in [-0.25, -0.2) is 19.5 Å². The normalized spacial score (nSPS) is 11.4. The van der Waals surface area contributed by atoms with Crippen molar-refractivity contribution in [3.63, 3.8) is 0 Å². The molecule has 7 heteroatoms. The average Bonchev–Trinajstić information content (AvgIpc) is 3.03. The molecule has 0 aliphatic rings. The van der Waals surface area contributed by atoms with Gasteiger partial charge in [0.1, 0.15) is 0 Å². The molecule has 0 saturated heterocycles. The molecule has 0 aromatic carbocycles. The zero-order valence-electron chi connectivity index (χ0n) is 10.7. The second-order valence-electron chi connectivity index (χ2n) is 4.56. The molecule has 0 radical (unpaired) electrons. The van der Waals surface area contributed by atoms with Crippen LogP contribution in [0.25, 0.3) is 22.4 Å². The van der Waals surface area contributed by atoms with Gasteiger partial charge in [0, 0.05) is 42.1 Å². The molecule has 0 saturated carbocycles. The van der Waals surface area contributed by atoms with E-state index in [0.717, 1.165) is 22.3 Å². The van der Waals surface area contributed by atoms with Crippen molar-refractivity contribution in [3.05, 3.63) is 42.7 Å². The van der Waals surface area contributed by atoms with E-state index in [4.69, 9.17) is 5.73 Å². The van der Waals surface area contributed by atoms with E-state index in [1.54, 1.807) is 16.9 Å². The fourth-order valence-electron chi connectivity index (χ4n) is 2.41. The van der Waals surface area contributed by atoms with E-state index in [0.29, 0.717) is 5.78 Å². The standard InChI is InChI=1S/C13H11N7/c1-8-11-10(2-4-20(11)18-12(14)17-8)9-6-16-13-15-3-5-19(13)7-9/h2-7H,1H3,(H2,14,18). The van der Waals surface area contributed by atoms with Crippen LogP contribution in [0.2, 0.25) is 0 Å². The summed E-state index contributed by atoms with van der Waals surface area (Å²) >= 11 is 0. The molecule has 4 rings (SSSR count). The van der Waals surface area contributed by atoms with Gasteiger partial charge in [-0.2, -0.15) is 0 Å². The second-order valence-corrected chi connectivity index (χ2v) is 4.56. The minimum Gasteiger partial charge on any atom is -0.367 e. The Balaban J connectivity index is 2.01. The van der Waals surface area contributed by atoms with E-state index in [1.807, 2.05) is 36.0 Å². The Morgan fingerprint density at radius 3 is 3.00 bits per heavy atom. The Bertz CT molecular complexity index is 934. The van der Waals surface area contributed by atoms with Crippen LogP contribution >= 0.6 is 0 Å². The number of nitrogens with zero attached hydrogens (tertiary/aromatic N) is 6. The lowest BCUT2D eigenvalue weighted by molar-refractivity contribution is 0.902. The molecule has 98 valence electrons. The number of imidazole rings is 1. The Hall–Kier alpha value is -2.96. The number of aromatic nitrogens is 6. The predicted molar refractivity (Wildman–Crippen MR) is 74.1 cm³/mol. The molecule has 7 nitrogen and oxygen atoms in total. The minimum atomic E-state index is 0.264. The zero-order valence-corrected chi connectivity index (χ0v) is 10.7. The van der Waals surface area contributed by atoms with E-state index in [2.05, 4.69) is 20.1 Å². The molecule has 0 unspecified atom stereocenters. The third-order valence-electron chi connectivity index (χ3n) is 3.26. The Morgan fingerprint density at radius 1 is 1.20 bits per heavy atom. The number of aryl methyl sites for hydroxylation is 1. The van der Waals surface area contributed by atoms with Crippen molar-refractivity contribution in [1.82, 2.24) is 29.0 Å². The lowest BCUT2D eigenvalue weighted by Gasteiger charge is -2.04. The van der Waals surface area contributed by atoms with Gasteiger partial charge in [-0.05, 0) is 13.0 Å². The quantitative estimate of drug-likeness (QED) is 0.561. The number of rotatable bonds is 1. The van der Waals surface area contributed by atoms with E-state index >= 15 is 0 Å². The van der Waals surface area contributed by atoms with Crippen LogP contribution in [0.5, 0.6) is 0 Å². The monoisotopic (exact) mass is 265 g/mol. The van der Waals surface area contributed by atoms with Crippen molar-refractivity contribution in [2.75, 3.05) is 5.73 Å². The number of anilines is 1. The molecule has 4 aromatic rings. The van der Waals surface area contributed by atoms with Gasteiger partial charge in [-0.1, -0.05) is 0 Å². The summed E-state index contributed by atoms with van der Waals surface area (Å²) in [5, 5.41) is 4.18. The predicted octanol–water partition coefficient (Wildman–Crippen LogP) is 1.33. The van der Waals surface area contributed by atoms with E-state index in [1.165, 1.54) is 0 Å². The highest BCUT2D eigenvalue weighted by molar-refractivity contribution is 5.82. The molecular formula is C13H11N7. The van der Waals surface area contributed by atoms with Gasteiger partial charge in [0.05, 0.1) is 11.2 Å². The molecule has 0 fully saturated rings. The first-order valence-electron chi connectivity index (χ1n) is 6.13. The van der Waals surface area contributed by atoms with Crippen molar-refractivity contribution < 1.29 is 0 Å². The first kappa shape index (κ1) is 10.9. The van der Waals surface area contributed by atoms with Gasteiger partial charge in [-0.3, -0.25) is 4.40 Å².